The molecule has 0 unspecified atom stereocenters. The Morgan fingerprint density at radius 1 is 1.41 bits per heavy atom. The average Bonchev–Trinajstić information content (AvgIpc) is 2.99. The summed E-state index contributed by atoms with van der Waals surface area (Å²) in [7, 11) is -4.24. The van der Waals surface area contributed by atoms with Crippen LogP contribution in [0.4, 0.5) is 30.4 Å². The summed E-state index contributed by atoms with van der Waals surface area (Å²) in [4.78, 5) is 10.5. The van der Waals surface area contributed by atoms with Gasteiger partial charge in [-0.15, -0.1) is 0 Å². The maximum Gasteiger partial charge on any atom is 0.501 e. The molecule has 0 bridgehead atoms. The minimum atomic E-state index is -5.71. The molecule has 1 heterocycles. The van der Waals surface area contributed by atoms with Gasteiger partial charge in [-0.05, 0) is 25.0 Å². The first-order valence-corrected chi connectivity index (χ1v) is 9.42. The molecular formula is C15H15F3N6O4S. The number of nitro groups is 1. The molecule has 3 N–H and O–H groups in total. The summed E-state index contributed by atoms with van der Waals surface area (Å²) in [6, 6.07) is 3.91. The van der Waals surface area contributed by atoms with Gasteiger partial charge < -0.3 is 10.6 Å². The highest BCUT2D eigenvalue weighted by Gasteiger charge is 2.47. The van der Waals surface area contributed by atoms with Gasteiger partial charge in [0, 0.05) is 19.7 Å². The fraction of sp³-hybridized carbons (Fsp3) is 0.333. The summed E-state index contributed by atoms with van der Waals surface area (Å²) in [6.07, 6.45) is 0.734. The minimum absolute atomic E-state index is 0.0490. The second kappa shape index (κ2) is 7.95. The predicted octanol–water partition coefficient (Wildman–Crippen LogP) is 2.13. The molecule has 1 aromatic heterocycles. The molecule has 0 aliphatic rings. The molecule has 0 saturated heterocycles. The molecule has 2 aromatic rings. The summed E-state index contributed by atoms with van der Waals surface area (Å²) in [5.74, 6) is 0.0490. The van der Waals surface area contributed by atoms with Crippen LogP contribution in [0.3, 0.4) is 0 Å². The van der Waals surface area contributed by atoms with E-state index >= 15 is 0 Å². The number of nitriles is 1. The van der Waals surface area contributed by atoms with Gasteiger partial charge >= 0.3 is 5.51 Å². The number of anilines is 2. The Bertz CT molecular complexity index is 1070. The minimum Gasteiger partial charge on any atom is -0.381 e. The van der Waals surface area contributed by atoms with E-state index < -0.39 is 30.9 Å². The number of aromatic nitrogens is 2. The highest BCUT2D eigenvalue weighted by atomic mass is 32.2. The first-order chi connectivity index (χ1) is 13.4. The SMILES string of the molecule is CN(CCCc1[nH]nc(N)c1C#N)c1ccc(S(=O)(=O)C(F)(F)F)cc1[N+](=O)[O-]. The zero-order valence-electron chi connectivity index (χ0n) is 14.9. The number of H-pyrrole nitrogens is 1. The van der Waals surface area contributed by atoms with Crippen molar-refractivity contribution >= 4 is 27.0 Å². The van der Waals surface area contributed by atoms with Gasteiger partial charge in [0.15, 0.2) is 5.82 Å². The number of hydrogen-bond acceptors (Lipinski definition) is 8. The monoisotopic (exact) mass is 432 g/mol. The van der Waals surface area contributed by atoms with E-state index in [0.29, 0.717) is 30.7 Å². The van der Waals surface area contributed by atoms with Crippen molar-refractivity contribution in [2.45, 2.75) is 23.2 Å². The zero-order valence-corrected chi connectivity index (χ0v) is 15.7. The smallest absolute Gasteiger partial charge is 0.381 e. The van der Waals surface area contributed by atoms with E-state index in [0.717, 1.165) is 6.07 Å². The molecule has 0 fully saturated rings. The number of aryl methyl sites for hydroxylation is 1. The lowest BCUT2D eigenvalue weighted by atomic mass is 10.1. The molecule has 14 heteroatoms. The van der Waals surface area contributed by atoms with Crippen molar-refractivity contribution in [1.82, 2.24) is 10.2 Å². The standard InChI is InChI=1S/C15H15F3N6O4S/c1-23(6-2-3-11-10(8-19)14(20)22-21-11)12-5-4-9(7-13(12)24(25)26)29(27,28)15(16,17)18/h4-5,7H,2-3,6H2,1H3,(H3,20,21,22). The number of rotatable bonds is 7. The third kappa shape index (κ3) is 4.40. The summed E-state index contributed by atoms with van der Waals surface area (Å²) < 4.78 is 61.1. The van der Waals surface area contributed by atoms with Crippen LogP contribution in [0.5, 0.6) is 0 Å². The lowest BCUT2D eigenvalue weighted by molar-refractivity contribution is -0.384. The summed E-state index contributed by atoms with van der Waals surface area (Å²) in [5.41, 5.74) is -0.194. The number of hydrogen-bond donors (Lipinski definition) is 2. The Balaban J connectivity index is 2.23. The first kappa shape index (κ1) is 22.0. The molecule has 0 spiro atoms. The Morgan fingerprint density at radius 3 is 2.62 bits per heavy atom. The van der Waals surface area contributed by atoms with E-state index in [2.05, 4.69) is 10.2 Å². The van der Waals surface area contributed by atoms with Crippen LogP contribution in [0.2, 0.25) is 0 Å². The lowest BCUT2D eigenvalue weighted by Gasteiger charge is -2.19. The van der Waals surface area contributed by atoms with Crippen LogP contribution < -0.4 is 10.6 Å². The molecule has 156 valence electrons. The molecule has 0 radical (unpaired) electrons. The topological polar surface area (TPSA) is 159 Å². The quantitative estimate of drug-likeness (QED) is 0.497. The van der Waals surface area contributed by atoms with Gasteiger partial charge in [0.25, 0.3) is 15.5 Å². The third-order valence-electron chi connectivity index (χ3n) is 4.07. The molecule has 0 atom stereocenters. The van der Waals surface area contributed by atoms with Gasteiger partial charge in [-0.2, -0.15) is 23.5 Å². The average molecular weight is 432 g/mol. The van der Waals surface area contributed by atoms with E-state index in [1.807, 2.05) is 6.07 Å². The highest BCUT2D eigenvalue weighted by Crippen LogP contribution is 2.35. The van der Waals surface area contributed by atoms with Crippen molar-refractivity contribution in [2.75, 3.05) is 24.2 Å². The van der Waals surface area contributed by atoms with E-state index in [4.69, 9.17) is 11.0 Å². The Kier molecular flexibility index (Phi) is 6.02. The first-order valence-electron chi connectivity index (χ1n) is 7.94. The van der Waals surface area contributed by atoms with Crippen LogP contribution in [0.1, 0.15) is 17.7 Å². The third-order valence-corrected chi connectivity index (χ3v) is 5.56. The van der Waals surface area contributed by atoms with Crippen molar-refractivity contribution in [3.63, 3.8) is 0 Å². The molecule has 0 saturated carbocycles. The van der Waals surface area contributed by atoms with Crippen molar-refractivity contribution in [3.05, 3.63) is 39.6 Å². The summed E-state index contributed by atoms with van der Waals surface area (Å²) >= 11 is 0. The molecule has 1 aromatic carbocycles. The summed E-state index contributed by atoms with van der Waals surface area (Å²) in [6.45, 7) is 0.218. The number of sulfone groups is 1. The number of nitrogens with zero attached hydrogens (tertiary/aromatic N) is 4. The number of nitrogens with two attached hydrogens (primary N) is 1. The van der Waals surface area contributed by atoms with Crippen LogP contribution in [-0.2, 0) is 16.3 Å². The van der Waals surface area contributed by atoms with Crippen LogP contribution in [0.25, 0.3) is 0 Å². The lowest BCUT2D eigenvalue weighted by Crippen LogP contribution is -2.24. The Labute approximate surface area is 162 Å². The van der Waals surface area contributed by atoms with Gasteiger partial charge in [0.1, 0.15) is 17.3 Å². The van der Waals surface area contributed by atoms with E-state index in [1.165, 1.54) is 11.9 Å². The van der Waals surface area contributed by atoms with Crippen LogP contribution in [0.15, 0.2) is 23.1 Å². The highest BCUT2D eigenvalue weighted by molar-refractivity contribution is 7.92. The molecule has 10 nitrogen and oxygen atoms in total. The number of alkyl halides is 3. The normalized spacial score (nSPS) is 11.8. The Morgan fingerprint density at radius 2 is 2.07 bits per heavy atom. The maximum atomic E-state index is 12.7. The van der Waals surface area contributed by atoms with Gasteiger partial charge in [-0.1, -0.05) is 0 Å². The van der Waals surface area contributed by atoms with Crippen molar-refractivity contribution in [1.29, 1.82) is 5.26 Å². The second-order valence-electron chi connectivity index (χ2n) is 5.96. The van der Waals surface area contributed by atoms with E-state index in [9.17, 15) is 31.7 Å². The number of benzene rings is 1. The molecule has 0 amide bonds. The van der Waals surface area contributed by atoms with Crippen molar-refractivity contribution in [3.8, 4) is 6.07 Å². The van der Waals surface area contributed by atoms with Crippen LogP contribution >= 0.6 is 0 Å². The zero-order chi connectivity index (χ0) is 22.0. The second-order valence-corrected chi connectivity index (χ2v) is 7.90. The van der Waals surface area contributed by atoms with E-state index in [-0.39, 0.29) is 23.6 Å². The van der Waals surface area contributed by atoms with Gasteiger partial charge in [-0.3, -0.25) is 15.2 Å². The van der Waals surface area contributed by atoms with Crippen molar-refractivity contribution in [2.24, 2.45) is 0 Å². The van der Waals surface area contributed by atoms with Crippen LogP contribution in [0, 0.1) is 21.4 Å². The van der Waals surface area contributed by atoms with Gasteiger partial charge in [0.2, 0.25) is 0 Å². The fourth-order valence-corrected chi connectivity index (χ4v) is 3.37. The van der Waals surface area contributed by atoms with E-state index in [1.54, 1.807) is 0 Å². The predicted molar refractivity (Wildman–Crippen MR) is 95.6 cm³/mol. The van der Waals surface area contributed by atoms with Gasteiger partial charge in [-0.25, -0.2) is 8.42 Å². The van der Waals surface area contributed by atoms with Gasteiger partial charge in [0.05, 0.1) is 15.5 Å². The van der Waals surface area contributed by atoms with Crippen molar-refractivity contribution < 1.29 is 26.5 Å². The summed E-state index contributed by atoms with van der Waals surface area (Å²) in [5, 5.41) is 26.6. The largest absolute Gasteiger partial charge is 0.501 e. The number of nitro benzene ring substituents is 1. The molecule has 29 heavy (non-hydrogen) atoms. The number of halogens is 3. The Hall–Kier alpha value is -3.34. The fourth-order valence-electron chi connectivity index (χ4n) is 2.59. The molecular weight excluding hydrogens is 417 g/mol. The molecule has 2 rings (SSSR count). The van der Waals surface area contributed by atoms with Crippen LogP contribution in [-0.4, -0.2) is 42.6 Å². The maximum absolute atomic E-state index is 12.7. The number of aromatic amines is 1. The molecule has 0 aliphatic carbocycles. The number of nitrogens with one attached hydrogen (secondary N) is 1. The number of nitrogen functional groups attached to an aromatic ring is 1. The molecule has 0 aliphatic heterocycles.